The van der Waals surface area contributed by atoms with Gasteiger partial charge in [0.15, 0.2) is 5.79 Å². The van der Waals surface area contributed by atoms with Gasteiger partial charge in [0.1, 0.15) is 11.9 Å². The summed E-state index contributed by atoms with van der Waals surface area (Å²) in [6.45, 7) is 7.37. The average molecular weight is 366 g/mol. The summed E-state index contributed by atoms with van der Waals surface area (Å²) in [6, 6.07) is 0. The Morgan fingerprint density at radius 1 is 1.46 bits per heavy atom. The Bertz CT molecular complexity index is 663. The number of esters is 1. The molecule has 1 aliphatic heterocycles. The monoisotopic (exact) mass is 366 g/mol. The Morgan fingerprint density at radius 3 is 2.77 bits per heavy atom. The van der Waals surface area contributed by atoms with Crippen LogP contribution in [-0.4, -0.2) is 45.7 Å². The third-order valence-electron chi connectivity index (χ3n) is 4.55. The van der Waals surface area contributed by atoms with Gasteiger partial charge in [-0.3, -0.25) is 4.79 Å². The largest absolute Gasteiger partial charge is 0.469 e. The van der Waals surface area contributed by atoms with Gasteiger partial charge < -0.3 is 23.9 Å². The van der Waals surface area contributed by atoms with Gasteiger partial charge in [-0.15, -0.1) is 0 Å². The summed E-state index contributed by atoms with van der Waals surface area (Å²) in [5, 5.41) is 10.0. The molecular formula is C19H30N2O5. The first-order chi connectivity index (χ1) is 12.1. The lowest BCUT2D eigenvalue weighted by Crippen LogP contribution is -2.21. The lowest BCUT2D eigenvalue weighted by Gasteiger charge is -2.16. The number of carbonyl (C=O) groups excluding carboxylic acids is 1. The maximum atomic E-state index is 11.3. The zero-order valence-corrected chi connectivity index (χ0v) is 16.5. The molecule has 0 amide bonds. The van der Waals surface area contributed by atoms with Crippen LogP contribution in [0.4, 0.5) is 0 Å². The van der Waals surface area contributed by atoms with Crippen molar-refractivity contribution >= 4 is 12.0 Å². The molecule has 7 nitrogen and oxygen atoms in total. The first-order valence-electron chi connectivity index (χ1n) is 8.96. The second kappa shape index (κ2) is 8.33. The molecule has 7 heteroatoms. The number of aromatic nitrogens is 2. The number of nitrogens with zero attached hydrogens (tertiary/aromatic N) is 2. The SMILES string of the molecule is COC(=O)CCC[C@@H]1OC(C)(C)O[C@@H]1/C=C/c1nc(C)n(C)c1C(C)O. The molecule has 1 aliphatic rings. The molecule has 1 N–H and O–H groups in total. The van der Waals surface area contributed by atoms with Gasteiger partial charge in [-0.05, 0) is 46.6 Å². The van der Waals surface area contributed by atoms with E-state index in [4.69, 9.17) is 9.47 Å². The van der Waals surface area contributed by atoms with E-state index in [1.165, 1.54) is 7.11 Å². The zero-order chi connectivity index (χ0) is 19.5. The molecule has 26 heavy (non-hydrogen) atoms. The topological polar surface area (TPSA) is 82.8 Å². The minimum absolute atomic E-state index is 0.147. The van der Waals surface area contributed by atoms with Crippen LogP contribution in [0.15, 0.2) is 6.08 Å². The fourth-order valence-electron chi connectivity index (χ4n) is 3.25. The third-order valence-corrected chi connectivity index (χ3v) is 4.55. The molecule has 0 radical (unpaired) electrons. The van der Waals surface area contributed by atoms with E-state index in [0.29, 0.717) is 19.3 Å². The molecule has 0 aliphatic carbocycles. The minimum Gasteiger partial charge on any atom is -0.469 e. The number of aryl methyl sites for hydroxylation is 1. The minimum atomic E-state index is -0.682. The highest BCUT2D eigenvalue weighted by Crippen LogP contribution is 2.32. The second-order valence-corrected chi connectivity index (χ2v) is 7.13. The van der Waals surface area contributed by atoms with Gasteiger partial charge in [0.2, 0.25) is 0 Å². The van der Waals surface area contributed by atoms with Gasteiger partial charge >= 0.3 is 5.97 Å². The number of aliphatic hydroxyl groups excluding tert-OH is 1. The lowest BCUT2D eigenvalue weighted by molar-refractivity contribution is -0.144. The van der Waals surface area contributed by atoms with Crippen molar-refractivity contribution in [1.82, 2.24) is 9.55 Å². The Morgan fingerprint density at radius 2 is 2.15 bits per heavy atom. The van der Waals surface area contributed by atoms with Gasteiger partial charge in [0, 0.05) is 13.5 Å². The molecule has 0 spiro atoms. The van der Waals surface area contributed by atoms with Gasteiger partial charge in [0.05, 0.1) is 30.7 Å². The Hall–Kier alpha value is -1.70. The number of carbonyl (C=O) groups is 1. The van der Waals surface area contributed by atoms with Gasteiger partial charge in [-0.25, -0.2) is 4.98 Å². The van der Waals surface area contributed by atoms with Crippen molar-refractivity contribution in [3.8, 4) is 0 Å². The summed E-state index contributed by atoms with van der Waals surface area (Å²) in [6.07, 6.45) is 4.51. The van der Waals surface area contributed by atoms with E-state index < -0.39 is 11.9 Å². The highest BCUT2D eigenvalue weighted by atomic mass is 16.7. The van der Waals surface area contributed by atoms with E-state index in [9.17, 15) is 9.90 Å². The number of imidazole rings is 1. The van der Waals surface area contributed by atoms with E-state index in [1.54, 1.807) is 6.92 Å². The van der Waals surface area contributed by atoms with Crippen LogP contribution in [0.25, 0.3) is 6.08 Å². The molecule has 1 saturated heterocycles. The Balaban J connectivity index is 2.11. The van der Waals surface area contributed by atoms with Crippen molar-refractivity contribution in [2.75, 3.05) is 7.11 Å². The number of hydrogen-bond donors (Lipinski definition) is 1. The van der Waals surface area contributed by atoms with Crippen molar-refractivity contribution < 1.29 is 24.1 Å². The molecule has 0 aromatic carbocycles. The van der Waals surface area contributed by atoms with E-state index in [2.05, 4.69) is 9.72 Å². The molecule has 1 fully saturated rings. The highest BCUT2D eigenvalue weighted by molar-refractivity contribution is 5.69. The molecule has 1 aromatic heterocycles. The Labute approximate surface area is 155 Å². The lowest BCUT2D eigenvalue weighted by atomic mass is 10.1. The number of rotatable bonds is 7. The van der Waals surface area contributed by atoms with Gasteiger partial charge in [0.25, 0.3) is 0 Å². The predicted molar refractivity (Wildman–Crippen MR) is 97.3 cm³/mol. The van der Waals surface area contributed by atoms with E-state index in [1.807, 2.05) is 44.5 Å². The second-order valence-electron chi connectivity index (χ2n) is 7.13. The summed E-state index contributed by atoms with van der Waals surface area (Å²) >= 11 is 0. The average Bonchev–Trinajstić information content (AvgIpc) is 3.00. The van der Waals surface area contributed by atoms with Crippen molar-refractivity contribution in [2.45, 2.75) is 71.1 Å². The number of methoxy groups -OCH3 is 1. The predicted octanol–water partition coefficient (Wildman–Crippen LogP) is 2.66. The van der Waals surface area contributed by atoms with Crippen molar-refractivity contribution in [1.29, 1.82) is 0 Å². The summed E-state index contributed by atoms with van der Waals surface area (Å²) in [4.78, 5) is 15.8. The summed E-state index contributed by atoms with van der Waals surface area (Å²) in [5.41, 5.74) is 1.49. The van der Waals surface area contributed by atoms with Crippen LogP contribution >= 0.6 is 0 Å². The standard InChI is InChI=1S/C19H30N2O5/c1-12(22)18-14(20-13(2)21(18)5)10-11-16-15(25-19(3,4)26-16)8-7-9-17(23)24-6/h10-12,15-16,22H,7-9H2,1-6H3/b11-10+/t12?,15-,16+/m0/s1. The first kappa shape index (κ1) is 20.6. The molecule has 1 aromatic rings. The van der Waals surface area contributed by atoms with Gasteiger partial charge in [-0.2, -0.15) is 0 Å². The van der Waals surface area contributed by atoms with Crippen LogP contribution in [0.1, 0.15) is 63.3 Å². The molecule has 0 saturated carbocycles. The summed E-state index contributed by atoms with van der Waals surface area (Å²) < 4.78 is 18.5. The molecule has 3 atom stereocenters. The van der Waals surface area contributed by atoms with E-state index >= 15 is 0 Å². The molecule has 2 rings (SSSR count). The first-order valence-corrected chi connectivity index (χ1v) is 8.96. The van der Waals surface area contributed by atoms with E-state index in [0.717, 1.165) is 17.2 Å². The third kappa shape index (κ3) is 4.93. The molecule has 2 heterocycles. The van der Waals surface area contributed by atoms with Crippen molar-refractivity contribution in [3.05, 3.63) is 23.3 Å². The summed E-state index contributed by atoms with van der Waals surface area (Å²) in [5.74, 6) is -0.0714. The summed E-state index contributed by atoms with van der Waals surface area (Å²) in [7, 11) is 3.27. The van der Waals surface area contributed by atoms with Crippen molar-refractivity contribution in [3.63, 3.8) is 0 Å². The van der Waals surface area contributed by atoms with Crippen LogP contribution in [0.5, 0.6) is 0 Å². The molecule has 146 valence electrons. The molecular weight excluding hydrogens is 336 g/mol. The molecule has 0 bridgehead atoms. The fraction of sp³-hybridized carbons (Fsp3) is 0.684. The maximum Gasteiger partial charge on any atom is 0.305 e. The van der Waals surface area contributed by atoms with Gasteiger partial charge in [-0.1, -0.05) is 6.08 Å². The quantitative estimate of drug-likeness (QED) is 0.747. The van der Waals surface area contributed by atoms with Crippen LogP contribution in [0.3, 0.4) is 0 Å². The Kier molecular flexibility index (Phi) is 6.60. The number of hydrogen-bond acceptors (Lipinski definition) is 6. The van der Waals surface area contributed by atoms with E-state index in [-0.39, 0.29) is 18.2 Å². The highest BCUT2D eigenvalue weighted by Gasteiger charge is 2.39. The number of aliphatic hydroxyl groups is 1. The van der Waals surface area contributed by atoms with Crippen LogP contribution in [-0.2, 0) is 26.1 Å². The molecule has 1 unspecified atom stereocenters. The normalized spacial score (nSPS) is 23.5. The zero-order valence-electron chi connectivity index (χ0n) is 16.5. The van der Waals surface area contributed by atoms with Crippen LogP contribution in [0.2, 0.25) is 0 Å². The maximum absolute atomic E-state index is 11.3. The smallest absolute Gasteiger partial charge is 0.305 e. The van der Waals surface area contributed by atoms with Crippen LogP contribution in [0, 0.1) is 6.92 Å². The van der Waals surface area contributed by atoms with Crippen molar-refractivity contribution in [2.24, 2.45) is 7.05 Å². The van der Waals surface area contributed by atoms with Crippen LogP contribution < -0.4 is 0 Å². The fourth-order valence-corrected chi connectivity index (χ4v) is 3.25. The number of ether oxygens (including phenoxy) is 3.